The van der Waals surface area contributed by atoms with Crippen molar-refractivity contribution in [3.05, 3.63) is 30.3 Å². The Hall–Kier alpha value is -1.02. The molecule has 2 rings (SSSR count). The Morgan fingerprint density at radius 3 is 2.47 bits per heavy atom. The smallest absolute Gasteiger partial charge is 0.0411 e. The Balaban J connectivity index is 1.98. The molecular formula is C15H24N2. The maximum Gasteiger partial charge on any atom is 0.0411 e. The van der Waals surface area contributed by atoms with E-state index in [-0.39, 0.29) is 0 Å². The van der Waals surface area contributed by atoms with Crippen LogP contribution in [0.1, 0.15) is 33.1 Å². The van der Waals surface area contributed by atoms with Crippen molar-refractivity contribution in [1.82, 2.24) is 5.32 Å². The fourth-order valence-electron chi connectivity index (χ4n) is 2.34. The molecule has 1 atom stereocenters. The van der Waals surface area contributed by atoms with E-state index in [1.807, 2.05) is 0 Å². The summed E-state index contributed by atoms with van der Waals surface area (Å²) in [5.74, 6) is 0. The first-order valence-electron chi connectivity index (χ1n) is 6.90. The van der Waals surface area contributed by atoms with Crippen LogP contribution in [-0.2, 0) is 0 Å². The normalized spacial score (nSPS) is 16.8. The molecule has 1 saturated carbocycles. The number of hydrogen-bond donors (Lipinski definition) is 1. The molecule has 1 N–H and O–H groups in total. The number of nitrogens with one attached hydrogen (secondary N) is 1. The summed E-state index contributed by atoms with van der Waals surface area (Å²) in [4.78, 5) is 2.51. The van der Waals surface area contributed by atoms with Crippen molar-refractivity contribution in [2.75, 3.05) is 18.0 Å². The lowest BCUT2D eigenvalue weighted by Crippen LogP contribution is -2.42. The molecule has 2 nitrogen and oxygen atoms in total. The molecule has 1 aromatic carbocycles. The van der Waals surface area contributed by atoms with Gasteiger partial charge in [-0.05, 0) is 38.3 Å². The van der Waals surface area contributed by atoms with Crippen molar-refractivity contribution >= 4 is 5.69 Å². The highest BCUT2D eigenvalue weighted by Crippen LogP contribution is 2.21. The van der Waals surface area contributed by atoms with Gasteiger partial charge < -0.3 is 10.2 Å². The summed E-state index contributed by atoms with van der Waals surface area (Å²) in [7, 11) is 0. The number of hydrogen-bond acceptors (Lipinski definition) is 2. The van der Waals surface area contributed by atoms with E-state index in [2.05, 4.69) is 54.4 Å². The maximum absolute atomic E-state index is 3.65. The fourth-order valence-corrected chi connectivity index (χ4v) is 2.34. The van der Waals surface area contributed by atoms with E-state index >= 15 is 0 Å². The van der Waals surface area contributed by atoms with Gasteiger partial charge in [0.2, 0.25) is 0 Å². The molecule has 17 heavy (non-hydrogen) atoms. The van der Waals surface area contributed by atoms with Gasteiger partial charge in [0.25, 0.3) is 0 Å². The molecule has 0 saturated heterocycles. The minimum absolute atomic E-state index is 0.614. The molecule has 0 amide bonds. The summed E-state index contributed by atoms with van der Waals surface area (Å²) in [6.45, 7) is 6.72. The monoisotopic (exact) mass is 232 g/mol. The Labute approximate surface area is 105 Å². The molecule has 94 valence electrons. The Morgan fingerprint density at radius 2 is 1.94 bits per heavy atom. The van der Waals surface area contributed by atoms with Crippen molar-refractivity contribution < 1.29 is 0 Å². The lowest BCUT2D eigenvalue weighted by Gasteiger charge is -2.32. The molecule has 1 unspecified atom stereocenters. The number of nitrogens with zero attached hydrogens (tertiary/aromatic N) is 1. The largest absolute Gasteiger partial charge is 0.368 e. The SMILES string of the molecule is CCC(CNC1CC1)N(CC)c1ccccc1. The van der Waals surface area contributed by atoms with E-state index in [1.54, 1.807) is 0 Å². The molecule has 0 aromatic heterocycles. The number of benzene rings is 1. The highest BCUT2D eigenvalue weighted by Gasteiger charge is 2.23. The van der Waals surface area contributed by atoms with Crippen LogP contribution in [0.15, 0.2) is 30.3 Å². The van der Waals surface area contributed by atoms with Crippen LogP contribution in [0.25, 0.3) is 0 Å². The lowest BCUT2D eigenvalue weighted by atomic mass is 10.1. The summed E-state index contributed by atoms with van der Waals surface area (Å²) in [6.07, 6.45) is 3.93. The maximum atomic E-state index is 3.65. The summed E-state index contributed by atoms with van der Waals surface area (Å²) >= 11 is 0. The predicted octanol–water partition coefficient (Wildman–Crippen LogP) is 3.04. The molecule has 1 aliphatic carbocycles. The van der Waals surface area contributed by atoms with Gasteiger partial charge >= 0.3 is 0 Å². The van der Waals surface area contributed by atoms with Gasteiger partial charge in [-0.25, -0.2) is 0 Å². The zero-order valence-electron chi connectivity index (χ0n) is 11.0. The average molecular weight is 232 g/mol. The molecule has 0 heterocycles. The predicted molar refractivity (Wildman–Crippen MR) is 74.6 cm³/mol. The van der Waals surface area contributed by atoms with Gasteiger partial charge in [0.15, 0.2) is 0 Å². The van der Waals surface area contributed by atoms with Gasteiger partial charge in [-0.2, -0.15) is 0 Å². The first-order chi connectivity index (χ1) is 8.35. The highest BCUT2D eigenvalue weighted by atomic mass is 15.2. The highest BCUT2D eigenvalue weighted by molar-refractivity contribution is 5.47. The van der Waals surface area contributed by atoms with Gasteiger partial charge in [0, 0.05) is 30.9 Å². The third kappa shape index (κ3) is 3.47. The van der Waals surface area contributed by atoms with E-state index in [0.29, 0.717) is 6.04 Å². The van der Waals surface area contributed by atoms with Gasteiger partial charge in [-0.15, -0.1) is 0 Å². The van der Waals surface area contributed by atoms with E-state index in [9.17, 15) is 0 Å². The van der Waals surface area contributed by atoms with E-state index in [4.69, 9.17) is 0 Å². The van der Waals surface area contributed by atoms with E-state index in [1.165, 1.54) is 24.9 Å². The van der Waals surface area contributed by atoms with Crippen LogP contribution in [0, 0.1) is 0 Å². The molecule has 0 aliphatic heterocycles. The van der Waals surface area contributed by atoms with Crippen molar-refractivity contribution in [2.24, 2.45) is 0 Å². The third-order valence-corrected chi connectivity index (χ3v) is 3.56. The van der Waals surface area contributed by atoms with Crippen molar-refractivity contribution in [3.8, 4) is 0 Å². The summed E-state index contributed by atoms with van der Waals surface area (Å²) in [6, 6.07) is 12.2. The number of anilines is 1. The molecule has 1 fully saturated rings. The van der Waals surface area contributed by atoms with E-state index in [0.717, 1.165) is 19.1 Å². The molecule has 1 aromatic rings. The van der Waals surface area contributed by atoms with Gasteiger partial charge in [-0.1, -0.05) is 25.1 Å². The second-order valence-corrected chi connectivity index (χ2v) is 4.87. The van der Waals surface area contributed by atoms with Gasteiger partial charge in [-0.3, -0.25) is 0 Å². The molecule has 2 heteroatoms. The van der Waals surface area contributed by atoms with Crippen LogP contribution in [-0.4, -0.2) is 25.2 Å². The van der Waals surface area contributed by atoms with E-state index < -0.39 is 0 Å². The molecular weight excluding hydrogens is 208 g/mol. The Morgan fingerprint density at radius 1 is 1.24 bits per heavy atom. The third-order valence-electron chi connectivity index (χ3n) is 3.56. The molecule has 0 bridgehead atoms. The summed E-state index contributed by atoms with van der Waals surface area (Å²) < 4.78 is 0. The second-order valence-electron chi connectivity index (χ2n) is 4.87. The standard InChI is InChI=1S/C15H24N2/c1-3-14(12-16-13-10-11-13)17(4-2)15-8-6-5-7-9-15/h5-9,13-14,16H,3-4,10-12H2,1-2H3. The zero-order valence-corrected chi connectivity index (χ0v) is 11.0. The topological polar surface area (TPSA) is 15.3 Å². The van der Waals surface area contributed by atoms with Crippen molar-refractivity contribution in [3.63, 3.8) is 0 Å². The molecule has 0 radical (unpaired) electrons. The number of rotatable bonds is 7. The second kappa shape index (κ2) is 6.06. The van der Waals surface area contributed by atoms with Gasteiger partial charge in [0.05, 0.1) is 0 Å². The van der Waals surface area contributed by atoms with Crippen LogP contribution >= 0.6 is 0 Å². The summed E-state index contributed by atoms with van der Waals surface area (Å²) in [5.41, 5.74) is 1.35. The quantitative estimate of drug-likeness (QED) is 0.777. The van der Waals surface area contributed by atoms with Crippen molar-refractivity contribution in [2.45, 2.75) is 45.2 Å². The Kier molecular flexibility index (Phi) is 4.43. The number of likely N-dealkylation sites (N-methyl/N-ethyl adjacent to an activating group) is 1. The Bertz CT molecular complexity index is 319. The minimum atomic E-state index is 0.614. The summed E-state index contributed by atoms with van der Waals surface area (Å²) in [5, 5.41) is 3.65. The first kappa shape index (κ1) is 12.4. The van der Waals surface area contributed by atoms with Crippen LogP contribution in [0.3, 0.4) is 0 Å². The van der Waals surface area contributed by atoms with Crippen LogP contribution in [0.5, 0.6) is 0 Å². The van der Waals surface area contributed by atoms with Crippen LogP contribution in [0.4, 0.5) is 5.69 Å². The van der Waals surface area contributed by atoms with Crippen LogP contribution < -0.4 is 10.2 Å². The fraction of sp³-hybridized carbons (Fsp3) is 0.600. The van der Waals surface area contributed by atoms with Crippen molar-refractivity contribution in [1.29, 1.82) is 0 Å². The zero-order chi connectivity index (χ0) is 12.1. The first-order valence-corrected chi connectivity index (χ1v) is 6.90. The minimum Gasteiger partial charge on any atom is -0.368 e. The van der Waals surface area contributed by atoms with Gasteiger partial charge in [0.1, 0.15) is 0 Å². The lowest BCUT2D eigenvalue weighted by molar-refractivity contribution is 0.523. The molecule has 1 aliphatic rings. The molecule has 0 spiro atoms. The number of para-hydroxylation sites is 1. The average Bonchev–Trinajstić information content (AvgIpc) is 3.19. The van der Waals surface area contributed by atoms with Crippen LogP contribution in [0.2, 0.25) is 0 Å².